The van der Waals surface area contributed by atoms with Crippen molar-refractivity contribution in [3.05, 3.63) is 41.3 Å². The van der Waals surface area contributed by atoms with Gasteiger partial charge in [0.2, 0.25) is 0 Å². The highest BCUT2D eigenvalue weighted by Gasteiger charge is 2.19. The van der Waals surface area contributed by atoms with Gasteiger partial charge in [-0.2, -0.15) is 5.10 Å². The maximum absolute atomic E-state index is 13.1. The molecular formula is C18H22FN3O. The van der Waals surface area contributed by atoms with Gasteiger partial charge in [0.05, 0.1) is 11.4 Å². The van der Waals surface area contributed by atoms with Crippen molar-refractivity contribution in [2.24, 2.45) is 5.92 Å². The molecule has 2 heterocycles. The molecule has 0 spiro atoms. The van der Waals surface area contributed by atoms with Crippen LogP contribution < -0.4 is 0 Å². The monoisotopic (exact) mass is 315 g/mol. The molecule has 0 radical (unpaired) electrons. The summed E-state index contributed by atoms with van der Waals surface area (Å²) < 4.78 is 13.1. The second-order valence-electron chi connectivity index (χ2n) is 6.50. The summed E-state index contributed by atoms with van der Waals surface area (Å²) in [7, 11) is 2.16. The molecule has 4 nitrogen and oxygen atoms in total. The van der Waals surface area contributed by atoms with Gasteiger partial charge in [-0.3, -0.25) is 0 Å². The number of halogens is 1. The minimum atomic E-state index is -0.463. The quantitative estimate of drug-likeness (QED) is 0.945. The molecule has 3 rings (SSSR count). The van der Waals surface area contributed by atoms with Gasteiger partial charge in [0, 0.05) is 18.2 Å². The zero-order valence-corrected chi connectivity index (χ0v) is 13.6. The number of phenols is 1. The van der Waals surface area contributed by atoms with E-state index in [4.69, 9.17) is 0 Å². The number of aromatic nitrogens is 2. The van der Waals surface area contributed by atoms with Crippen molar-refractivity contribution < 1.29 is 9.50 Å². The summed E-state index contributed by atoms with van der Waals surface area (Å²) in [6.07, 6.45) is 3.38. The van der Waals surface area contributed by atoms with Crippen LogP contribution in [0, 0.1) is 18.7 Å². The third kappa shape index (κ3) is 3.67. The molecule has 1 aliphatic heterocycles. The first-order valence-electron chi connectivity index (χ1n) is 8.03. The Hall–Kier alpha value is -2.01. The molecule has 1 atom stereocenters. The second kappa shape index (κ2) is 6.62. The summed E-state index contributed by atoms with van der Waals surface area (Å²) >= 11 is 0. The largest absolute Gasteiger partial charge is 0.507 e. The first kappa shape index (κ1) is 15.9. The van der Waals surface area contributed by atoms with Crippen LogP contribution in [0.15, 0.2) is 24.3 Å². The van der Waals surface area contributed by atoms with Crippen molar-refractivity contribution in [1.82, 2.24) is 15.1 Å². The number of aryl methyl sites for hydroxylation is 1. The van der Waals surface area contributed by atoms with Gasteiger partial charge in [-0.25, -0.2) is 4.39 Å². The van der Waals surface area contributed by atoms with E-state index in [9.17, 15) is 9.50 Å². The van der Waals surface area contributed by atoms with E-state index in [1.54, 1.807) is 0 Å². The number of benzene rings is 1. The molecule has 5 heteroatoms. The van der Waals surface area contributed by atoms with Crippen LogP contribution in [0.3, 0.4) is 0 Å². The maximum Gasteiger partial charge on any atom is 0.127 e. The molecule has 0 saturated carbocycles. The SMILES string of the molecule is Cc1cc(C[C@H]2CCCN(C)C2)nnc1-c1ccc(F)cc1O. The molecule has 1 fully saturated rings. The Kier molecular flexibility index (Phi) is 4.57. The van der Waals surface area contributed by atoms with E-state index in [-0.39, 0.29) is 5.75 Å². The van der Waals surface area contributed by atoms with E-state index in [0.717, 1.165) is 30.3 Å². The first-order chi connectivity index (χ1) is 11.0. The Morgan fingerprint density at radius 3 is 2.83 bits per heavy atom. The average molecular weight is 315 g/mol. The van der Waals surface area contributed by atoms with E-state index in [2.05, 4.69) is 22.1 Å². The van der Waals surface area contributed by atoms with Crippen LogP contribution in [-0.4, -0.2) is 40.3 Å². The smallest absolute Gasteiger partial charge is 0.127 e. The van der Waals surface area contributed by atoms with Gasteiger partial charge in [0.1, 0.15) is 11.6 Å². The zero-order valence-electron chi connectivity index (χ0n) is 13.6. The van der Waals surface area contributed by atoms with Crippen LogP contribution in [0.2, 0.25) is 0 Å². The van der Waals surface area contributed by atoms with Crippen LogP contribution in [0.25, 0.3) is 11.3 Å². The zero-order chi connectivity index (χ0) is 16.4. The summed E-state index contributed by atoms with van der Waals surface area (Å²) in [5.41, 5.74) is 3.04. The number of likely N-dealkylation sites (tertiary alicyclic amines) is 1. The molecule has 1 N–H and O–H groups in total. The van der Waals surface area contributed by atoms with Crippen molar-refractivity contribution in [2.45, 2.75) is 26.2 Å². The molecule has 2 aromatic rings. The molecule has 122 valence electrons. The molecule has 1 aromatic carbocycles. The average Bonchev–Trinajstić information content (AvgIpc) is 2.48. The summed E-state index contributed by atoms with van der Waals surface area (Å²) in [5.74, 6) is 0.0477. The Morgan fingerprint density at radius 2 is 2.13 bits per heavy atom. The molecule has 0 amide bonds. The highest BCUT2D eigenvalue weighted by Crippen LogP contribution is 2.30. The number of hydrogen-bond donors (Lipinski definition) is 1. The van der Waals surface area contributed by atoms with Gasteiger partial charge in [0.25, 0.3) is 0 Å². The fraction of sp³-hybridized carbons (Fsp3) is 0.444. The molecule has 1 saturated heterocycles. The predicted octanol–water partition coefficient (Wildman–Crippen LogP) is 3.18. The van der Waals surface area contributed by atoms with E-state index in [0.29, 0.717) is 17.2 Å². The molecule has 23 heavy (non-hydrogen) atoms. The third-order valence-corrected chi connectivity index (χ3v) is 4.47. The van der Waals surface area contributed by atoms with E-state index >= 15 is 0 Å². The minimum Gasteiger partial charge on any atom is -0.507 e. The summed E-state index contributed by atoms with van der Waals surface area (Å²) in [5, 5.41) is 18.5. The number of phenolic OH excluding ortho intramolecular Hbond substituents is 1. The summed E-state index contributed by atoms with van der Waals surface area (Å²) in [6, 6.07) is 5.99. The number of nitrogens with zero attached hydrogens (tertiary/aromatic N) is 3. The number of hydrogen-bond acceptors (Lipinski definition) is 4. The van der Waals surface area contributed by atoms with Crippen LogP contribution in [-0.2, 0) is 6.42 Å². The van der Waals surface area contributed by atoms with Gasteiger partial charge in [-0.05, 0) is 69.5 Å². The molecule has 0 unspecified atom stereocenters. The summed E-state index contributed by atoms with van der Waals surface area (Å²) in [6.45, 7) is 4.22. The topological polar surface area (TPSA) is 49.2 Å². The highest BCUT2D eigenvalue weighted by molar-refractivity contribution is 5.69. The fourth-order valence-corrected chi connectivity index (χ4v) is 3.35. The summed E-state index contributed by atoms with van der Waals surface area (Å²) in [4.78, 5) is 2.36. The van der Waals surface area contributed by atoms with E-state index < -0.39 is 5.82 Å². The fourth-order valence-electron chi connectivity index (χ4n) is 3.35. The molecule has 1 aliphatic rings. The molecular weight excluding hydrogens is 293 g/mol. The Bertz CT molecular complexity index is 705. The Balaban J connectivity index is 1.80. The van der Waals surface area contributed by atoms with Gasteiger partial charge in [-0.15, -0.1) is 5.10 Å². The molecule has 1 aromatic heterocycles. The molecule has 0 aliphatic carbocycles. The molecule has 0 bridgehead atoms. The minimum absolute atomic E-state index is 0.107. The lowest BCUT2D eigenvalue weighted by atomic mass is 9.93. The van der Waals surface area contributed by atoms with E-state index in [1.807, 2.05) is 13.0 Å². The van der Waals surface area contributed by atoms with Crippen LogP contribution in [0.5, 0.6) is 5.75 Å². The number of rotatable bonds is 3. The van der Waals surface area contributed by atoms with Crippen molar-refractivity contribution in [1.29, 1.82) is 0 Å². The highest BCUT2D eigenvalue weighted by atomic mass is 19.1. The third-order valence-electron chi connectivity index (χ3n) is 4.47. The second-order valence-corrected chi connectivity index (χ2v) is 6.50. The van der Waals surface area contributed by atoms with E-state index in [1.165, 1.54) is 31.5 Å². The Morgan fingerprint density at radius 1 is 1.30 bits per heavy atom. The first-order valence-corrected chi connectivity index (χ1v) is 8.03. The normalized spacial score (nSPS) is 19.0. The number of aromatic hydroxyl groups is 1. The van der Waals surface area contributed by atoms with Crippen LogP contribution in [0.4, 0.5) is 4.39 Å². The van der Waals surface area contributed by atoms with Gasteiger partial charge < -0.3 is 10.0 Å². The lowest BCUT2D eigenvalue weighted by Crippen LogP contribution is -2.33. The lowest BCUT2D eigenvalue weighted by molar-refractivity contribution is 0.208. The van der Waals surface area contributed by atoms with Crippen LogP contribution >= 0.6 is 0 Å². The van der Waals surface area contributed by atoms with Crippen molar-refractivity contribution in [3.8, 4) is 17.0 Å². The maximum atomic E-state index is 13.1. The van der Waals surface area contributed by atoms with Crippen molar-refractivity contribution >= 4 is 0 Å². The van der Waals surface area contributed by atoms with Gasteiger partial charge in [0.15, 0.2) is 0 Å². The standard InChI is InChI=1S/C18H22FN3O/c1-12-8-15(9-13-4-3-7-22(2)11-13)20-21-18(12)16-6-5-14(19)10-17(16)23/h5-6,8,10,13,23H,3-4,7,9,11H2,1-2H3/t13-/m1/s1. The lowest BCUT2D eigenvalue weighted by Gasteiger charge is -2.29. The predicted molar refractivity (Wildman–Crippen MR) is 87.8 cm³/mol. The van der Waals surface area contributed by atoms with Crippen molar-refractivity contribution in [3.63, 3.8) is 0 Å². The van der Waals surface area contributed by atoms with Gasteiger partial charge in [-0.1, -0.05) is 0 Å². The number of piperidine rings is 1. The van der Waals surface area contributed by atoms with Crippen molar-refractivity contribution in [2.75, 3.05) is 20.1 Å². The Labute approximate surface area is 136 Å². The van der Waals surface area contributed by atoms with Gasteiger partial charge >= 0.3 is 0 Å². The van der Waals surface area contributed by atoms with Crippen LogP contribution in [0.1, 0.15) is 24.1 Å².